The van der Waals surface area contributed by atoms with Crippen molar-refractivity contribution in [3.05, 3.63) is 11.6 Å². The van der Waals surface area contributed by atoms with Crippen LogP contribution in [0.4, 0.5) is 4.39 Å². The van der Waals surface area contributed by atoms with E-state index < -0.39 is 0 Å². The van der Waals surface area contributed by atoms with E-state index in [0.717, 1.165) is 49.4 Å². The van der Waals surface area contributed by atoms with Crippen LogP contribution < -0.4 is 0 Å². The van der Waals surface area contributed by atoms with Crippen LogP contribution in [0.25, 0.3) is 0 Å². The Balaban J connectivity index is 1.51. The molecule has 0 heterocycles. The van der Waals surface area contributed by atoms with Gasteiger partial charge >= 0.3 is 0 Å². The maximum absolute atomic E-state index is 14.6. The van der Waals surface area contributed by atoms with E-state index in [1.807, 2.05) is 0 Å². The van der Waals surface area contributed by atoms with E-state index in [1.165, 1.54) is 50.5 Å². The topological polar surface area (TPSA) is 20.2 Å². The lowest BCUT2D eigenvalue weighted by atomic mass is 9.46. The first-order valence-corrected chi connectivity index (χ1v) is 12.8. The molecule has 4 aliphatic carbocycles. The molecule has 0 aromatic heterocycles. The van der Waals surface area contributed by atoms with Gasteiger partial charge < -0.3 is 5.11 Å². The normalized spacial score (nSPS) is 45.3. The molecule has 4 aliphatic rings. The molecule has 166 valence electrons. The van der Waals surface area contributed by atoms with Gasteiger partial charge in [-0.15, -0.1) is 0 Å². The van der Waals surface area contributed by atoms with Crippen LogP contribution in [0, 0.1) is 46.3 Å². The fourth-order valence-corrected chi connectivity index (χ4v) is 8.71. The van der Waals surface area contributed by atoms with Crippen molar-refractivity contribution in [1.29, 1.82) is 0 Å². The Morgan fingerprint density at radius 2 is 1.86 bits per heavy atom. The van der Waals surface area contributed by atoms with Gasteiger partial charge in [0.05, 0.1) is 12.8 Å². The molecule has 1 N–H and O–H groups in total. The molecule has 2 heteroatoms. The van der Waals surface area contributed by atoms with Crippen LogP contribution in [0.2, 0.25) is 0 Å². The van der Waals surface area contributed by atoms with Gasteiger partial charge in [0.15, 0.2) is 0 Å². The van der Waals surface area contributed by atoms with Gasteiger partial charge in [0.1, 0.15) is 0 Å². The Labute approximate surface area is 178 Å². The molecule has 3 saturated carbocycles. The average Bonchev–Trinajstić information content (AvgIpc) is 3.04. The number of rotatable bonds is 6. The summed E-state index contributed by atoms with van der Waals surface area (Å²) >= 11 is 0. The SMILES string of the molecule is CC(C)CCC[C@@H](C)[C@H]1CC[C@H]2[C@@H]3CC=C4C[C@@H](O)CC[C@]4(C[18F])[C@H]3CC[C@]12C. The zero-order valence-corrected chi connectivity index (χ0v) is 19.4. The highest BCUT2D eigenvalue weighted by molar-refractivity contribution is 5.26. The van der Waals surface area contributed by atoms with Crippen LogP contribution in [0.15, 0.2) is 11.6 Å². The molecular weight excluding hydrogens is 358 g/mol. The third-order valence-electron chi connectivity index (χ3n) is 10.2. The lowest BCUT2D eigenvalue weighted by Crippen LogP contribution is -2.52. The highest BCUT2D eigenvalue weighted by atomic mass is 18.2. The van der Waals surface area contributed by atoms with E-state index in [2.05, 4.69) is 33.8 Å². The van der Waals surface area contributed by atoms with Crippen molar-refractivity contribution >= 4 is 0 Å². The predicted molar refractivity (Wildman–Crippen MR) is 119 cm³/mol. The zero-order chi connectivity index (χ0) is 20.8. The summed E-state index contributed by atoms with van der Waals surface area (Å²) in [7, 11) is 0. The molecule has 1 nitrogen and oxygen atoms in total. The molecule has 8 atom stereocenters. The van der Waals surface area contributed by atoms with Crippen LogP contribution in [-0.4, -0.2) is 17.9 Å². The molecule has 0 aliphatic heterocycles. The maximum Gasteiger partial charge on any atom is 0.0990 e. The Bertz CT molecular complexity index is 612. The van der Waals surface area contributed by atoms with Crippen molar-refractivity contribution in [3.8, 4) is 0 Å². The second-order valence-electron chi connectivity index (χ2n) is 12.1. The first kappa shape index (κ1) is 21.8. The number of hydrogen-bond donors (Lipinski definition) is 1. The predicted octanol–water partition coefficient (Wildman–Crippen LogP) is 7.34. The second kappa shape index (κ2) is 8.29. The first-order valence-electron chi connectivity index (χ1n) is 12.8. The lowest BCUT2D eigenvalue weighted by Gasteiger charge is -2.58. The average molecular weight is 404 g/mol. The minimum absolute atomic E-state index is 0.203. The number of allylic oxidation sites excluding steroid dienone is 1. The minimum Gasteiger partial charge on any atom is -0.393 e. The fourth-order valence-electron chi connectivity index (χ4n) is 8.71. The Hall–Kier alpha value is -0.370. The van der Waals surface area contributed by atoms with E-state index in [-0.39, 0.29) is 18.2 Å². The van der Waals surface area contributed by atoms with Gasteiger partial charge in [0, 0.05) is 5.41 Å². The van der Waals surface area contributed by atoms with Gasteiger partial charge in [-0.2, -0.15) is 0 Å². The number of aliphatic hydroxyl groups excluding tert-OH is 1. The Morgan fingerprint density at radius 1 is 1.07 bits per heavy atom. The number of halogens is 1. The van der Waals surface area contributed by atoms with Crippen LogP contribution in [0.3, 0.4) is 0 Å². The van der Waals surface area contributed by atoms with Gasteiger partial charge in [0.2, 0.25) is 0 Å². The van der Waals surface area contributed by atoms with Crippen molar-refractivity contribution in [1.82, 2.24) is 0 Å². The monoisotopic (exact) mass is 403 g/mol. The van der Waals surface area contributed by atoms with Gasteiger partial charge in [-0.1, -0.05) is 58.6 Å². The van der Waals surface area contributed by atoms with Gasteiger partial charge in [-0.05, 0) is 92.3 Å². The van der Waals surface area contributed by atoms with Crippen molar-refractivity contribution in [2.45, 2.75) is 104 Å². The van der Waals surface area contributed by atoms with E-state index in [1.54, 1.807) is 0 Å². The van der Waals surface area contributed by atoms with Crippen LogP contribution in [-0.2, 0) is 0 Å². The molecule has 0 spiro atoms. The second-order valence-corrected chi connectivity index (χ2v) is 12.1. The van der Waals surface area contributed by atoms with E-state index in [4.69, 9.17) is 0 Å². The minimum atomic E-state index is -0.242. The summed E-state index contributed by atoms with van der Waals surface area (Å²) in [5, 5.41) is 10.2. The lowest BCUT2D eigenvalue weighted by molar-refractivity contribution is -0.0700. The molecule has 29 heavy (non-hydrogen) atoms. The van der Waals surface area contributed by atoms with E-state index in [0.29, 0.717) is 17.3 Å². The molecule has 0 bridgehead atoms. The first-order chi connectivity index (χ1) is 13.8. The number of fused-ring (bicyclic) bond motifs is 5. The van der Waals surface area contributed by atoms with Crippen LogP contribution >= 0.6 is 0 Å². The quantitative estimate of drug-likeness (QED) is 0.460. The summed E-state index contributed by atoms with van der Waals surface area (Å²) in [6.45, 7) is 9.61. The van der Waals surface area contributed by atoms with Crippen molar-refractivity contribution in [2.24, 2.45) is 46.3 Å². The zero-order valence-electron chi connectivity index (χ0n) is 19.4. The van der Waals surface area contributed by atoms with Crippen molar-refractivity contribution in [3.63, 3.8) is 0 Å². The van der Waals surface area contributed by atoms with E-state index in [9.17, 15) is 9.50 Å². The molecule has 0 aromatic rings. The molecule has 0 saturated heterocycles. The Morgan fingerprint density at radius 3 is 2.59 bits per heavy atom. The smallest absolute Gasteiger partial charge is 0.0990 e. The maximum atomic E-state index is 14.6. The largest absolute Gasteiger partial charge is 0.393 e. The summed E-state index contributed by atoms with van der Waals surface area (Å²) in [5.74, 6) is 4.49. The summed E-state index contributed by atoms with van der Waals surface area (Å²) in [5.41, 5.74) is 1.51. The van der Waals surface area contributed by atoms with Gasteiger partial charge in [0.25, 0.3) is 0 Å². The number of alkyl halides is 1. The van der Waals surface area contributed by atoms with Crippen molar-refractivity contribution < 1.29 is 9.50 Å². The third kappa shape index (κ3) is 3.64. The standard InChI is InChI=1S/C27H45FO/c1-18(2)6-5-7-19(3)23-10-11-24-22-9-8-20-16-21(29)12-15-27(20,17-28)25(22)13-14-26(23,24)4/h8,18-19,21-25,29H,5-7,9-17H2,1-4H3/t19-,21+,22+,23-,24+,25+,26-,27-/m1/s1/i28-1. The molecule has 0 unspecified atom stereocenters. The number of hydrogen-bond acceptors (Lipinski definition) is 1. The van der Waals surface area contributed by atoms with Crippen molar-refractivity contribution in [2.75, 3.05) is 6.67 Å². The summed E-state index contributed by atoms with van der Waals surface area (Å²) in [6, 6.07) is 0. The van der Waals surface area contributed by atoms with Gasteiger partial charge in [-0.3, -0.25) is 4.39 Å². The van der Waals surface area contributed by atoms with Gasteiger partial charge in [-0.25, -0.2) is 0 Å². The molecule has 4 rings (SSSR count). The van der Waals surface area contributed by atoms with Crippen LogP contribution in [0.5, 0.6) is 0 Å². The highest BCUT2D eigenvalue weighted by Gasteiger charge is 2.60. The molecule has 0 amide bonds. The summed E-state index contributed by atoms with van der Waals surface area (Å²) in [4.78, 5) is 0. The highest BCUT2D eigenvalue weighted by Crippen LogP contribution is 2.67. The molecular formula is C27H45FO. The van der Waals surface area contributed by atoms with E-state index >= 15 is 0 Å². The third-order valence-corrected chi connectivity index (χ3v) is 10.2. The molecule has 0 radical (unpaired) electrons. The van der Waals surface area contributed by atoms with Crippen LogP contribution in [0.1, 0.15) is 98.3 Å². The summed E-state index contributed by atoms with van der Waals surface area (Å²) in [6.07, 6.45) is 15.1. The summed E-state index contributed by atoms with van der Waals surface area (Å²) < 4.78 is 14.6. The molecule has 3 fully saturated rings. The molecule has 0 aromatic carbocycles. The Kier molecular flexibility index (Phi) is 6.24. The fraction of sp³-hybridized carbons (Fsp3) is 0.926. The number of aliphatic hydroxyl groups is 1.